The molecule has 1 amide bonds. The van der Waals surface area contributed by atoms with Crippen molar-refractivity contribution < 1.29 is 4.79 Å². The Morgan fingerprint density at radius 2 is 2.24 bits per heavy atom. The van der Waals surface area contributed by atoms with Crippen molar-refractivity contribution in [2.45, 2.75) is 6.07 Å². The molecule has 0 saturated heterocycles. The second-order valence-corrected chi connectivity index (χ2v) is 3.48. The van der Waals surface area contributed by atoms with Crippen molar-refractivity contribution in [3.8, 4) is 0 Å². The molecule has 1 atom stereocenters. The SMILES string of the molecule is BC(NC)NCC(=O)NCC(/C=C\C=C)=N/C. The Morgan fingerprint density at radius 1 is 1.53 bits per heavy atom. The molecule has 17 heavy (non-hydrogen) atoms. The van der Waals surface area contributed by atoms with E-state index in [1.165, 1.54) is 0 Å². The second-order valence-electron chi connectivity index (χ2n) is 3.48. The quantitative estimate of drug-likeness (QED) is 0.211. The zero-order chi connectivity index (χ0) is 13.1. The van der Waals surface area contributed by atoms with E-state index in [1.54, 1.807) is 19.2 Å². The lowest BCUT2D eigenvalue weighted by Gasteiger charge is -2.12. The fourth-order valence-electron chi connectivity index (χ4n) is 0.991. The van der Waals surface area contributed by atoms with Gasteiger partial charge in [-0.15, -0.1) is 0 Å². The first-order valence-corrected chi connectivity index (χ1v) is 5.56. The molecule has 0 radical (unpaired) electrons. The van der Waals surface area contributed by atoms with Crippen LogP contribution in [0.15, 0.2) is 29.8 Å². The molecule has 0 fully saturated rings. The van der Waals surface area contributed by atoms with E-state index >= 15 is 0 Å². The lowest BCUT2D eigenvalue weighted by molar-refractivity contribution is -0.120. The monoisotopic (exact) mass is 236 g/mol. The standard InChI is InChI=1S/C11H21BN4O/c1-4-5-6-9(13-2)7-15-10(17)8-16-11(12)14-3/h4-6,11,14,16H,1,7-8,12H2,2-3H3,(H,15,17)/b6-5-,13-9+. The molecule has 0 aromatic heterocycles. The molecule has 94 valence electrons. The Kier molecular flexibility index (Phi) is 9.00. The highest BCUT2D eigenvalue weighted by Gasteiger charge is 2.03. The number of rotatable bonds is 8. The fourth-order valence-corrected chi connectivity index (χ4v) is 0.991. The Hall–Kier alpha value is -1.40. The van der Waals surface area contributed by atoms with Crippen LogP contribution in [0.2, 0.25) is 0 Å². The zero-order valence-corrected chi connectivity index (χ0v) is 10.8. The zero-order valence-electron chi connectivity index (χ0n) is 10.8. The third-order valence-corrected chi connectivity index (χ3v) is 2.18. The lowest BCUT2D eigenvalue weighted by atomic mass is 10.1. The summed E-state index contributed by atoms with van der Waals surface area (Å²) in [5.74, 6) is -0.0553. The highest BCUT2D eigenvalue weighted by atomic mass is 16.1. The molecule has 0 aromatic carbocycles. The summed E-state index contributed by atoms with van der Waals surface area (Å²) in [6.45, 7) is 4.28. The second kappa shape index (κ2) is 9.80. The van der Waals surface area contributed by atoms with Gasteiger partial charge >= 0.3 is 0 Å². The predicted octanol–water partition coefficient (Wildman–Crippen LogP) is -1.36. The smallest absolute Gasteiger partial charge is 0.234 e. The Morgan fingerprint density at radius 3 is 2.76 bits per heavy atom. The van der Waals surface area contributed by atoms with Gasteiger partial charge in [0, 0.05) is 13.1 Å². The normalized spacial score (nSPS) is 13.6. The third kappa shape index (κ3) is 8.42. The van der Waals surface area contributed by atoms with E-state index in [9.17, 15) is 4.79 Å². The number of amides is 1. The number of nitrogens with zero attached hydrogens (tertiary/aromatic N) is 1. The van der Waals surface area contributed by atoms with Gasteiger partial charge in [-0.1, -0.05) is 18.7 Å². The van der Waals surface area contributed by atoms with E-state index in [4.69, 9.17) is 0 Å². The lowest BCUT2D eigenvalue weighted by Crippen LogP contribution is -2.46. The fraction of sp³-hybridized carbons (Fsp3) is 0.455. The van der Waals surface area contributed by atoms with Crippen LogP contribution < -0.4 is 16.0 Å². The van der Waals surface area contributed by atoms with Crippen LogP contribution >= 0.6 is 0 Å². The summed E-state index contributed by atoms with van der Waals surface area (Å²) in [5.41, 5.74) is 0.805. The van der Waals surface area contributed by atoms with Gasteiger partial charge in [0.1, 0.15) is 7.85 Å². The van der Waals surface area contributed by atoms with Gasteiger partial charge in [0.2, 0.25) is 5.91 Å². The van der Waals surface area contributed by atoms with Crippen LogP contribution in [0.25, 0.3) is 0 Å². The van der Waals surface area contributed by atoms with Crippen molar-refractivity contribution in [2.75, 3.05) is 27.2 Å². The van der Waals surface area contributed by atoms with Crippen molar-refractivity contribution in [2.24, 2.45) is 4.99 Å². The van der Waals surface area contributed by atoms with Gasteiger partial charge in [-0.2, -0.15) is 0 Å². The molecule has 1 unspecified atom stereocenters. The Balaban J connectivity index is 3.90. The van der Waals surface area contributed by atoms with Gasteiger partial charge in [0.05, 0.1) is 18.8 Å². The first-order chi connectivity index (χ1) is 8.13. The van der Waals surface area contributed by atoms with Gasteiger partial charge in [-0.3, -0.25) is 9.79 Å². The number of carbonyl (C=O) groups is 1. The molecule has 0 aliphatic rings. The summed E-state index contributed by atoms with van der Waals surface area (Å²) in [5, 5.41) is 8.78. The first kappa shape index (κ1) is 15.6. The topological polar surface area (TPSA) is 65.5 Å². The van der Waals surface area contributed by atoms with E-state index < -0.39 is 0 Å². The van der Waals surface area contributed by atoms with Crippen LogP contribution in [0.3, 0.4) is 0 Å². The minimum Gasteiger partial charge on any atom is -0.349 e. The van der Waals surface area contributed by atoms with Crippen molar-refractivity contribution in [1.29, 1.82) is 0 Å². The molecular weight excluding hydrogens is 215 g/mol. The highest BCUT2D eigenvalue weighted by Crippen LogP contribution is 1.81. The summed E-state index contributed by atoms with van der Waals surface area (Å²) < 4.78 is 0. The Bertz CT molecular complexity index is 302. The van der Waals surface area contributed by atoms with Crippen molar-refractivity contribution in [3.05, 3.63) is 24.8 Å². The average molecular weight is 236 g/mol. The average Bonchev–Trinajstić information content (AvgIpc) is 2.36. The minimum absolute atomic E-state index is 0.0553. The van der Waals surface area contributed by atoms with Gasteiger partial charge in [0.15, 0.2) is 0 Å². The van der Waals surface area contributed by atoms with Crippen molar-refractivity contribution >= 4 is 19.5 Å². The largest absolute Gasteiger partial charge is 0.349 e. The van der Waals surface area contributed by atoms with E-state index in [1.807, 2.05) is 21.0 Å². The van der Waals surface area contributed by atoms with Crippen LogP contribution in [0.4, 0.5) is 0 Å². The highest BCUT2D eigenvalue weighted by molar-refractivity contribution is 6.11. The Labute approximate surface area is 104 Å². The van der Waals surface area contributed by atoms with Crippen LogP contribution in [0.5, 0.6) is 0 Å². The number of nitrogens with one attached hydrogen (secondary N) is 3. The van der Waals surface area contributed by atoms with Gasteiger partial charge in [0.25, 0.3) is 0 Å². The van der Waals surface area contributed by atoms with Crippen LogP contribution in [0, 0.1) is 0 Å². The molecule has 0 rings (SSSR count). The molecule has 0 heterocycles. The first-order valence-electron chi connectivity index (χ1n) is 5.56. The minimum atomic E-state index is -0.0553. The van der Waals surface area contributed by atoms with Gasteiger partial charge in [-0.25, -0.2) is 0 Å². The number of aliphatic imine (C=N–C) groups is 1. The van der Waals surface area contributed by atoms with Crippen LogP contribution in [0.1, 0.15) is 0 Å². The molecular formula is C11H21BN4O. The maximum Gasteiger partial charge on any atom is 0.234 e. The summed E-state index contributed by atoms with van der Waals surface area (Å²) in [4.78, 5) is 15.5. The van der Waals surface area contributed by atoms with Crippen molar-refractivity contribution in [3.63, 3.8) is 0 Å². The van der Waals surface area contributed by atoms with Crippen LogP contribution in [-0.2, 0) is 4.79 Å². The molecule has 0 bridgehead atoms. The molecule has 6 heteroatoms. The third-order valence-electron chi connectivity index (χ3n) is 2.18. The summed E-state index contributed by atoms with van der Waals surface area (Å²) in [6, 6.07) is 0.112. The van der Waals surface area contributed by atoms with E-state index in [0.29, 0.717) is 6.54 Å². The maximum absolute atomic E-state index is 11.5. The number of carbonyl (C=O) groups excluding carboxylic acids is 1. The summed E-state index contributed by atoms with van der Waals surface area (Å²) in [7, 11) is 5.47. The maximum atomic E-state index is 11.5. The summed E-state index contributed by atoms with van der Waals surface area (Å²) >= 11 is 0. The molecule has 5 nitrogen and oxygen atoms in total. The van der Waals surface area contributed by atoms with Crippen molar-refractivity contribution in [1.82, 2.24) is 16.0 Å². The van der Waals surface area contributed by atoms with E-state index in [-0.39, 0.29) is 18.5 Å². The number of allylic oxidation sites excluding steroid dienone is 2. The molecule has 0 aliphatic heterocycles. The van der Waals surface area contributed by atoms with E-state index in [0.717, 1.165) is 5.71 Å². The molecule has 0 spiro atoms. The molecule has 3 N–H and O–H groups in total. The van der Waals surface area contributed by atoms with E-state index in [2.05, 4.69) is 27.5 Å². The predicted molar refractivity (Wildman–Crippen MR) is 75.1 cm³/mol. The number of hydrogen-bond donors (Lipinski definition) is 3. The molecule has 0 aliphatic carbocycles. The molecule has 0 aromatic rings. The molecule has 0 saturated carbocycles. The summed E-state index contributed by atoms with van der Waals surface area (Å²) in [6.07, 6.45) is 5.27. The van der Waals surface area contributed by atoms with Crippen LogP contribution in [-0.4, -0.2) is 52.7 Å². The number of hydrogen-bond acceptors (Lipinski definition) is 4. The van der Waals surface area contributed by atoms with Gasteiger partial charge in [-0.05, 0) is 13.1 Å². The van der Waals surface area contributed by atoms with Gasteiger partial charge < -0.3 is 16.0 Å².